The van der Waals surface area contributed by atoms with Crippen LogP contribution in [0.5, 0.6) is 0 Å². The molecule has 0 bridgehead atoms. The molecule has 0 fully saturated rings. The van der Waals surface area contributed by atoms with Crippen molar-refractivity contribution in [1.29, 1.82) is 0 Å². The molecule has 1 aromatic carbocycles. The summed E-state index contributed by atoms with van der Waals surface area (Å²) in [4.78, 5) is 14.4. The quantitative estimate of drug-likeness (QED) is 0.735. The molecule has 2 rings (SSSR count). The van der Waals surface area contributed by atoms with Crippen LogP contribution in [0.15, 0.2) is 36.5 Å². The molecule has 0 atom stereocenters. The molecule has 1 heterocycles. The zero-order valence-corrected chi connectivity index (χ0v) is 15.3. The molecule has 5 nitrogen and oxygen atoms in total. The molecule has 1 aromatic heterocycles. The average molecular weight is 370 g/mol. The third-order valence-electron chi connectivity index (χ3n) is 3.64. The number of carbonyl (C=O) groups excluding carboxylic acids is 1. The number of methoxy groups -OCH3 is 1. The van der Waals surface area contributed by atoms with Crippen molar-refractivity contribution in [3.05, 3.63) is 52.3 Å². The lowest BCUT2D eigenvalue weighted by atomic mass is 10.3. The van der Waals surface area contributed by atoms with E-state index in [1.807, 2.05) is 29.9 Å². The fourth-order valence-electron chi connectivity index (χ4n) is 2.28. The zero-order chi connectivity index (χ0) is 17.5. The summed E-state index contributed by atoms with van der Waals surface area (Å²) in [6, 6.07) is 8.78. The molecule has 0 saturated carbocycles. The van der Waals surface area contributed by atoms with Crippen molar-refractivity contribution in [1.82, 2.24) is 9.47 Å². The minimum Gasteiger partial charge on any atom is -0.385 e. The van der Waals surface area contributed by atoms with E-state index >= 15 is 0 Å². The molecule has 0 unspecified atom stereocenters. The minimum absolute atomic E-state index is 0.189. The van der Waals surface area contributed by atoms with Crippen molar-refractivity contribution >= 4 is 34.9 Å². The molecule has 2 aromatic rings. The number of hydrogen-bond donors (Lipinski definition) is 1. The number of rotatable bonds is 7. The molecule has 0 aliphatic rings. The zero-order valence-electron chi connectivity index (χ0n) is 13.8. The monoisotopic (exact) mass is 369 g/mol. The van der Waals surface area contributed by atoms with Gasteiger partial charge < -0.3 is 19.5 Å². The second kappa shape index (κ2) is 8.97. The van der Waals surface area contributed by atoms with E-state index in [1.54, 1.807) is 30.2 Å². The Labute approximate surface area is 152 Å². The smallest absolute Gasteiger partial charge is 0.322 e. The number of nitrogens with one attached hydrogen (secondary N) is 1. The van der Waals surface area contributed by atoms with E-state index in [0.717, 1.165) is 12.1 Å². The van der Waals surface area contributed by atoms with Gasteiger partial charge in [-0.3, -0.25) is 0 Å². The van der Waals surface area contributed by atoms with Gasteiger partial charge >= 0.3 is 6.03 Å². The van der Waals surface area contributed by atoms with Crippen molar-refractivity contribution in [2.45, 2.75) is 13.0 Å². The molecule has 0 radical (unpaired) electrons. The Kier molecular flexibility index (Phi) is 6.97. The molecule has 0 aliphatic heterocycles. The largest absolute Gasteiger partial charge is 0.385 e. The first-order valence-electron chi connectivity index (χ1n) is 7.61. The Hall–Kier alpha value is -1.69. The summed E-state index contributed by atoms with van der Waals surface area (Å²) in [6.45, 7) is 1.70. The molecule has 130 valence electrons. The van der Waals surface area contributed by atoms with Gasteiger partial charge in [-0.05, 0) is 36.8 Å². The third-order valence-corrected chi connectivity index (χ3v) is 4.38. The average Bonchev–Trinajstić information content (AvgIpc) is 2.95. The first-order chi connectivity index (χ1) is 11.5. The lowest BCUT2D eigenvalue weighted by molar-refractivity contribution is 0.171. The van der Waals surface area contributed by atoms with Gasteiger partial charge in [-0.15, -0.1) is 0 Å². The Bertz CT molecular complexity index is 688. The van der Waals surface area contributed by atoms with Crippen molar-refractivity contribution < 1.29 is 9.53 Å². The molecule has 0 aliphatic carbocycles. The Morgan fingerprint density at radius 3 is 2.71 bits per heavy atom. The van der Waals surface area contributed by atoms with Crippen molar-refractivity contribution in [2.24, 2.45) is 7.05 Å². The fraction of sp³-hybridized carbons (Fsp3) is 0.353. The molecule has 7 heteroatoms. The van der Waals surface area contributed by atoms with E-state index in [0.29, 0.717) is 35.4 Å². The molecular formula is C17H21Cl2N3O2. The maximum absolute atomic E-state index is 12.6. The van der Waals surface area contributed by atoms with E-state index in [2.05, 4.69) is 5.32 Å². The number of aromatic nitrogens is 1. The van der Waals surface area contributed by atoms with Gasteiger partial charge in [-0.25, -0.2) is 4.79 Å². The second-order valence-corrected chi connectivity index (χ2v) is 6.25. The van der Waals surface area contributed by atoms with Gasteiger partial charge in [0.05, 0.1) is 16.6 Å². The summed E-state index contributed by atoms with van der Waals surface area (Å²) >= 11 is 11.9. The van der Waals surface area contributed by atoms with E-state index < -0.39 is 0 Å². The van der Waals surface area contributed by atoms with Gasteiger partial charge in [-0.2, -0.15) is 0 Å². The van der Waals surface area contributed by atoms with Gasteiger partial charge in [0.2, 0.25) is 0 Å². The Balaban J connectivity index is 2.07. The van der Waals surface area contributed by atoms with Crippen LogP contribution < -0.4 is 5.32 Å². The summed E-state index contributed by atoms with van der Waals surface area (Å²) in [5.41, 5.74) is 1.66. The first kappa shape index (κ1) is 18.6. The highest BCUT2D eigenvalue weighted by Gasteiger charge is 2.15. The van der Waals surface area contributed by atoms with Crippen LogP contribution in [-0.4, -0.2) is 35.8 Å². The SMILES string of the molecule is COCCCN(Cc1cccn1C)C(=O)Nc1ccc(Cl)c(Cl)c1. The minimum atomic E-state index is -0.189. The molecular weight excluding hydrogens is 349 g/mol. The van der Waals surface area contributed by atoms with Gasteiger partial charge in [0.1, 0.15) is 0 Å². The van der Waals surface area contributed by atoms with Crippen LogP contribution in [0.1, 0.15) is 12.1 Å². The van der Waals surface area contributed by atoms with Crippen LogP contribution >= 0.6 is 23.2 Å². The highest BCUT2D eigenvalue weighted by molar-refractivity contribution is 6.42. The molecule has 1 N–H and O–H groups in total. The number of ether oxygens (including phenoxy) is 1. The standard InChI is InChI=1S/C17H21Cl2N3O2/c1-21-8-3-5-14(21)12-22(9-4-10-24-2)17(23)20-13-6-7-15(18)16(19)11-13/h3,5-8,11H,4,9-10,12H2,1-2H3,(H,20,23). The Morgan fingerprint density at radius 1 is 1.29 bits per heavy atom. The van der Waals surface area contributed by atoms with Crippen LogP contribution in [0.3, 0.4) is 0 Å². The molecule has 0 saturated heterocycles. The number of aryl methyl sites for hydroxylation is 1. The first-order valence-corrected chi connectivity index (χ1v) is 8.37. The van der Waals surface area contributed by atoms with Crippen LogP contribution in [0.2, 0.25) is 10.0 Å². The predicted octanol–water partition coefficient (Wildman–Crippen LogP) is 4.40. The summed E-state index contributed by atoms with van der Waals surface area (Å²) in [7, 11) is 3.61. The molecule has 24 heavy (non-hydrogen) atoms. The van der Waals surface area contributed by atoms with E-state index in [9.17, 15) is 4.79 Å². The lowest BCUT2D eigenvalue weighted by Crippen LogP contribution is -2.36. The summed E-state index contributed by atoms with van der Waals surface area (Å²) in [5, 5.41) is 3.72. The topological polar surface area (TPSA) is 46.5 Å². The van der Waals surface area contributed by atoms with E-state index in [1.165, 1.54) is 0 Å². The summed E-state index contributed by atoms with van der Waals surface area (Å²) < 4.78 is 7.08. The van der Waals surface area contributed by atoms with Crippen molar-refractivity contribution in [3.63, 3.8) is 0 Å². The number of benzene rings is 1. The molecule has 2 amide bonds. The number of urea groups is 1. The number of halogens is 2. The Morgan fingerprint density at radius 2 is 2.08 bits per heavy atom. The number of anilines is 1. The van der Waals surface area contributed by atoms with E-state index in [4.69, 9.17) is 27.9 Å². The predicted molar refractivity (Wildman–Crippen MR) is 97.8 cm³/mol. The second-order valence-electron chi connectivity index (χ2n) is 5.44. The number of nitrogens with zero attached hydrogens (tertiary/aromatic N) is 2. The normalized spacial score (nSPS) is 10.7. The van der Waals surface area contributed by atoms with Crippen molar-refractivity contribution in [3.8, 4) is 0 Å². The fourth-order valence-corrected chi connectivity index (χ4v) is 2.58. The van der Waals surface area contributed by atoms with Gasteiger partial charge in [0, 0.05) is 44.9 Å². The third kappa shape index (κ3) is 5.16. The highest BCUT2D eigenvalue weighted by Crippen LogP contribution is 2.25. The number of amides is 2. The summed E-state index contributed by atoms with van der Waals surface area (Å²) in [5.74, 6) is 0. The van der Waals surface area contributed by atoms with Crippen LogP contribution in [0.4, 0.5) is 10.5 Å². The number of carbonyl (C=O) groups is 1. The maximum Gasteiger partial charge on any atom is 0.322 e. The van der Waals surface area contributed by atoms with Crippen LogP contribution in [-0.2, 0) is 18.3 Å². The summed E-state index contributed by atoms with van der Waals surface area (Å²) in [6.07, 6.45) is 2.72. The number of hydrogen-bond acceptors (Lipinski definition) is 2. The van der Waals surface area contributed by atoms with Crippen LogP contribution in [0.25, 0.3) is 0 Å². The maximum atomic E-state index is 12.6. The van der Waals surface area contributed by atoms with Crippen LogP contribution in [0, 0.1) is 0 Å². The highest BCUT2D eigenvalue weighted by atomic mass is 35.5. The van der Waals surface area contributed by atoms with Gasteiger partial charge in [0.15, 0.2) is 0 Å². The van der Waals surface area contributed by atoms with Crippen molar-refractivity contribution in [2.75, 3.05) is 25.6 Å². The van der Waals surface area contributed by atoms with Gasteiger partial charge in [-0.1, -0.05) is 23.2 Å². The molecule has 0 spiro atoms. The lowest BCUT2D eigenvalue weighted by Gasteiger charge is -2.23. The van der Waals surface area contributed by atoms with E-state index in [-0.39, 0.29) is 6.03 Å². The van der Waals surface area contributed by atoms with Gasteiger partial charge in [0.25, 0.3) is 0 Å².